The van der Waals surface area contributed by atoms with Crippen LogP contribution >= 0.6 is 0 Å². The number of carboxylic acids is 3. The van der Waals surface area contributed by atoms with E-state index in [1.807, 2.05) is 13.8 Å². The highest BCUT2D eigenvalue weighted by Crippen LogP contribution is 2.63. The zero-order chi connectivity index (χ0) is 22.3. The first-order valence-electron chi connectivity index (χ1n) is 11.7. The Morgan fingerprint density at radius 2 is 1.67 bits per heavy atom. The molecule has 6 heteroatoms. The van der Waals surface area contributed by atoms with Gasteiger partial charge in [0.15, 0.2) is 0 Å². The number of rotatable bonds is 7. The second kappa shape index (κ2) is 8.51. The molecule has 6 nitrogen and oxygen atoms in total. The zero-order valence-corrected chi connectivity index (χ0v) is 18.6. The number of hydrogen-bond donors (Lipinski definition) is 3. The van der Waals surface area contributed by atoms with Crippen LogP contribution in [0.4, 0.5) is 0 Å². The lowest BCUT2D eigenvalue weighted by atomic mass is 9.49. The van der Waals surface area contributed by atoms with Crippen molar-refractivity contribution in [3.63, 3.8) is 0 Å². The lowest BCUT2D eigenvalue weighted by Gasteiger charge is -2.54. The SMILES string of the molecule is C[C@H](CCC(=O)O)[C@H]1CC[C@@H]([C@@H]2CC[C@@H]3CCCC[C@]3(C)[C@@H]2C(=O)O)[C@@]1(C)C(=O)O. The average Bonchev–Trinajstić information content (AvgIpc) is 3.02. The van der Waals surface area contributed by atoms with Gasteiger partial charge in [-0.3, -0.25) is 14.4 Å². The van der Waals surface area contributed by atoms with Crippen molar-refractivity contribution < 1.29 is 29.7 Å². The average molecular weight is 423 g/mol. The second-order valence-corrected chi connectivity index (χ2v) is 10.8. The number of fused-ring (bicyclic) bond motifs is 1. The lowest BCUT2D eigenvalue weighted by Crippen LogP contribution is -2.53. The standard InChI is InChI=1S/C24H38O6/c1-14(7-12-19(25)26)17-10-11-18(24(17,3)22(29)30)16-9-8-15-6-4-5-13-23(15,2)20(16)21(27)28/h14-18,20H,4-13H2,1-3H3,(H,25,26)(H,27,28)(H,29,30)/t14-,15+,16+,17-,18+,20+,23+,24+/m1/s1. The number of aliphatic carboxylic acids is 3. The number of hydrogen-bond acceptors (Lipinski definition) is 3. The van der Waals surface area contributed by atoms with E-state index in [2.05, 4.69) is 6.92 Å². The molecule has 30 heavy (non-hydrogen) atoms. The summed E-state index contributed by atoms with van der Waals surface area (Å²) in [5, 5.41) is 29.7. The molecular formula is C24H38O6. The van der Waals surface area contributed by atoms with Crippen molar-refractivity contribution in [3.05, 3.63) is 0 Å². The van der Waals surface area contributed by atoms with Crippen LogP contribution in [0.2, 0.25) is 0 Å². The van der Waals surface area contributed by atoms with E-state index in [1.54, 1.807) is 0 Å². The maximum Gasteiger partial charge on any atom is 0.309 e. The maximum absolute atomic E-state index is 12.6. The fourth-order valence-electron chi connectivity index (χ4n) is 7.90. The molecule has 3 aliphatic rings. The molecule has 8 atom stereocenters. The third-order valence-electron chi connectivity index (χ3n) is 9.51. The van der Waals surface area contributed by atoms with E-state index in [0.29, 0.717) is 12.3 Å². The molecule has 0 bridgehead atoms. The van der Waals surface area contributed by atoms with Gasteiger partial charge in [-0.2, -0.15) is 0 Å². The fraction of sp³-hybridized carbons (Fsp3) is 0.875. The predicted octanol–water partition coefficient (Wildman–Crippen LogP) is 4.91. The Kier molecular flexibility index (Phi) is 6.54. The van der Waals surface area contributed by atoms with Crippen LogP contribution in [0.25, 0.3) is 0 Å². The first kappa shape index (κ1) is 23.1. The summed E-state index contributed by atoms with van der Waals surface area (Å²) in [6.45, 7) is 5.91. The predicted molar refractivity (Wildman–Crippen MR) is 112 cm³/mol. The summed E-state index contributed by atoms with van der Waals surface area (Å²) in [4.78, 5) is 36.2. The van der Waals surface area contributed by atoms with Crippen LogP contribution < -0.4 is 0 Å². The van der Waals surface area contributed by atoms with Gasteiger partial charge in [-0.15, -0.1) is 0 Å². The molecular weight excluding hydrogens is 384 g/mol. The van der Waals surface area contributed by atoms with Crippen LogP contribution in [0, 0.1) is 46.3 Å². The van der Waals surface area contributed by atoms with Gasteiger partial charge in [-0.05, 0) is 86.9 Å². The first-order chi connectivity index (χ1) is 14.0. The van der Waals surface area contributed by atoms with Crippen LogP contribution in [-0.2, 0) is 14.4 Å². The van der Waals surface area contributed by atoms with E-state index in [0.717, 1.165) is 51.4 Å². The van der Waals surface area contributed by atoms with Crippen molar-refractivity contribution >= 4 is 17.9 Å². The molecule has 0 aromatic carbocycles. The van der Waals surface area contributed by atoms with Gasteiger partial charge < -0.3 is 15.3 Å². The molecule has 170 valence electrons. The van der Waals surface area contributed by atoms with Crippen molar-refractivity contribution in [2.45, 2.75) is 85.0 Å². The van der Waals surface area contributed by atoms with Crippen LogP contribution in [0.15, 0.2) is 0 Å². The molecule has 3 saturated carbocycles. The molecule has 0 unspecified atom stereocenters. The van der Waals surface area contributed by atoms with Crippen molar-refractivity contribution in [2.24, 2.45) is 46.3 Å². The molecule has 0 aromatic rings. The van der Waals surface area contributed by atoms with Crippen molar-refractivity contribution in [2.75, 3.05) is 0 Å². The van der Waals surface area contributed by atoms with E-state index < -0.39 is 29.2 Å². The fourth-order valence-corrected chi connectivity index (χ4v) is 7.90. The topological polar surface area (TPSA) is 112 Å². The van der Waals surface area contributed by atoms with Gasteiger partial charge in [0.25, 0.3) is 0 Å². The van der Waals surface area contributed by atoms with Crippen molar-refractivity contribution in [1.29, 1.82) is 0 Å². The van der Waals surface area contributed by atoms with Crippen LogP contribution in [-0.4, -0.2) is 33.2 Å². The number of carboxylic acid groups (broad SMARTS) is 3. The lowest BCUT2D eigenvalue weighted by molar-refractivity contribution is -0.170. The summed E-state index contributed by atoms with van der Waals surface area (Å²) in [5.74, 6) is -2.97. The maximum atomic E-state index is 12.6. The molecule has 0 aromatic heterocycles. The summed E-state index contributed by atoms with van der Waals surface area (Å²) >= 11 is 0. The number of carbonyl (C=O) groups is 3. The van der Waals surface area contributed by atoms with Gasteiger partial charge in [0, 0.05) is 6.42 Å². The quantitative estimate of drug-likeness (QED) is 0.537. The van der Waals surface area contributed by atoms with Crippen molar-refractivity contribution in [3.8, 4) is 0 Å². The minimum absolute atomic E-state index is 0.0166. The van der Waals surface area contributed by atoms with E-state index in [-0.39, 0.29) is 35.5 Å². The Morgan fingerprint density at radius 1 is 0.967 bits per heavy atom. The summed E-state index contributed by atoms with van der Waals surface area (Å²) in [5.41, 5.74) is -1.26. The summed E-state index contributed by atoms with van der Waals surface area (Å²) in [6.07, 6.45) is 7.97. The van der Waals surface area contributed by atoms with Crippen molar-refractivity contribution in [1.82, 2.24) is 0 Å². The minimum Gasteiger partial charge on any atom is -0.481 e. The molecule has 3 N–H and O–H groups in total. The van der Waals surface area contributed by atoms with Crippen LogP contribution in [0.1, 0.15) is 85.0 Å². The molecule has 0 saturated heterocycles. The van der Waals surface area contributed by atoms with Gasteiger partial charge in [0.2, 0.25) is 0 Å². The first-order valence-corrected chi connectivity index (χ1v) is 11.7. The zero-order valence-electron chi connectivity index (χ0n) is 18.6. The molecule has 3 fully saturated rings. The Labute approximate surface area is 179 Å². The van der Waals surface area contributed by atoms with Gasteiger partial charge in [-0.25, -0.2) is 0 Å². The Balaban J connectivity index is 1.92. The molecule has 3 aliphatic carbocycles. The molecule has 0 spiro atoms. The van der Waals surface area contributed by atoms with E-state index >= 15 is 0 Å². The third kappa shape index (κ3) is 3.75. The summed E-state index contributed by atoms with van der Waals surface area (Å²) in [6, 6.07) is 0. The summed E-state index contributed by atoms with van der Waals surface area (Å²) < 4.78 is 0. The van der Waals surface area contributed by atoms with E-state index in [9.17, 15) is 24.6 Å². The third-order valence-corrected chi connectivity index (χ3v) is 9.51. The van der Waals surface area contributed by atoms with Crippen LogP contribution in [0.3, 0.4) is 0 Å². The molecule has 0 heterocycles. The van der Waals surface area contributed by atoms with Gasteiger partial charge >= 0.3 is 17.9 Å². The smallest absolute Gasteiger partial charge is 0.309 e. The highest BCUT2D eigenvalue weighted by Gasteiger charge is 2.61. The molecule has 0 aliphatic heterocycles. The Bertz CT molecular complexity index is 689. The van der Waals surface area contributed by atoms with Crippen LogP contribution in [0.5, 0.6) is 0 Å². The molecule has 0 radical (unpaired) electrons. The minimum atomic E-state index is -1.01. The second-order valence-electron chi connectivity index (χ2n) is 10.8. The molecule has 3 rings (SSSR count). The molecule has 0 amide bonds. The highest BCUT2D eigenvalue weighted by molar-refractivity contribution is 5.76. The largest absolute Gasteiger partial charge is 0.481 e. The highest BCUT2D eigenvalue weighted by atomic mass is 16.4. The van der Waals surface area contributed by atoms with E-state index in [1.165, 1.54) is 0 Å². The normalized spacial score (nSPS) is 42.3. The Hall–Kier alpha value is -1.59. The Morgan fingerprint density at radius 3 is 2.27 bits per heavy atom. The van der Waals surface area contributed by atoms with Gasteiger partial charge in [0.1, 0.15) is 0 Å². The monoisotopic (exact) mass is 422 g/mol. The van der Waals surface area contributed by atoms with E-state index in [4.69, 9.17) is 5.11 Å². The van der Waals surface area contributed by atoms with Gasteiger partial charge in [0.05, 0.1) is 11.3 Å². The van der Waals surface area contributed by atoms with Gasteiger partial charge in [-0.1, -0.05) is 26.7 Å². The summed E-state index contributed by atoms with van der Waals surface area (Å²) in [7, 11) is 0.